The van der Waals surface area contributed by atoms with Gasteiger partial charge in [-0.15, -0.1) is 0 Å². The number of hydrogen-bond acceptors (Lipinski definition) is 3. The first-order chi connectivity index (χ1) is 8.75. The number of carbonyl (C=O) groups excluding carboxylic acids is 1. The summed E-state index contributed by atoms with van der Waals surface area (Å²) in [7, 11) is 0. The van der Waals surface area contributed by atoms with Gasteiger partial charge in [0.25, 0.3) is 0 Å². The Hall–Kier alpha value is -1.36. The van der Waals surface area contributed by atoms with E-state index in [-0.39, 0.29) is 18.0 Å². The van der Waals surface area contributed by atoms with Crippen molar-refractivity contribution in [1.29, 1.82) is 0 Å². The third kappa shape index (κ3) is 2.03. The van der Waals surface area contributed by atoms with Crippen molar-refractivity contribution in [2.45, 2.75) is 38.3 Å². The first-order valence-corrected chi connectivity index (χ1v) is 6.78. The number of H-pyrrole nitrogens is 1. The number of amides is 1. The fourth-order valence-corrected chi connectivity index (χ4v) is 3.36. The number of nitrogens with one attached hydrogen (secondary N) is 3. The maximum absolute atomic E-state index is 12.3. The number of hydrogen-bond donors (Lipinski definition) is 3. The molecule has 1 amide bonds. The summed E-state index contributed by atoms with van der Waals surface area (Å²) in [6.07, 6.45) is 7.32. The summed E-state index contributed by atoms with van der Waals surface area (Å²) in [5.74, 6) is 1.39. The van der Waals surface area contributed by atoms with Gasteiger partial charge in [0.15, 0.2) is 0 Å². The van der Waals surface area contributed by atoms with E-state index < -0.39 is 0 Å². The molecule has 1 saturated carbocycles. The Morgan fingerprint density at radius 1 is 1.56 bits per heavy atom. The zero-order valence-corrected chi connectivity index (χ0v) is 10.6. The van der Waals surface area contributed by atoms with Crippen LogP contribution in [0.3, 0.4) is 0 Å². The van der Waals surface area contributed by atoms with E-state index in [9.17, 15) is 4.79 Å². The fraction of sp³-hybridized carbons (Fsp3) is 0.692. The Morgan fingerprint density at radius 2 is 2.44 bits per heavy atom. The zero-order chi connectivity index (χ0) is 12.5. The number of fused-ring (bicyclic) bond motifs is 1. The van der Waals surface area contributed by atoms with Crippen molar-refractivity contribution >= 4 is 5.91 Å². The van der Waals surface area contributed by atoms with Crippen LogP contribution in [-0.4, -0.2) is 28.7 Å². The molecule has 2 heterocycles. The van der Waals surface area contributed by atoms with Crippen molar-refractivity contribution in [1.82, 2.24) is 20.8 Å². The zero-order valence-electron chi connectivity index (χ0n) is 10.6. The van der Waals surface area contributed by atoms with Gasteiger partial charge < -0.3 is 10.6 Å². The highest BCUT2D eigenvalue weighted by Gasteiger charge is 2.42. The Balaban J connectivity index is 1.61. The second kappa shape index (κ2) is 4.72. The van der Waals surface area contributed by atoms with Crippen LogP contribution in [0.2, 0.25) is 0 Å². The molecule has 18 heavy (non-hydrogen) atoms. The maximum Gasteiger partial charge on any atom is 0.237 e. The van der Waals surface area contributed by atoms with Crippen LogP contribution in [0.4, 0.5) is 0 Å². The number of nitrogens with zero attached hydrogens (tertiary/aromatic N) is 1. The summed E-state index contributed by atoms with van der Waals surface area (Å²) in [6.45, 7) is 2.99. The maximum atomic E-state index is 12.3. The van der Waals surface area contributed by atoms with Gasteiger partial charge in [-0.05, 0) is 38.1 Å². The smallest absolute Gasteiger partial charge is 0.237 e. The topological polar surface area (TPSA) is 69.8 Å². The molecule has 0 radical (unpaired) electrons. The number of aromatic amines is 1. The molecule has 3 rings (SSSR count). The van der Waals surface area contributed by atoms with Crippen LogP contribution >= 0.6 is 0 Å². The van der Waals surface area contributed by atoms with Crippen LogP contribution in [0.15, 0.2) is 12.4 Å². The molecule has 1 aliphatic heterocycles. The van der Waals surface area contributed by atoms with Crippen molar-refractivity contribution in [3.8, 4) is 0 Å². The molecule has 5 nitrogen and oxygen atoms in total. The quantitative estimate of drug-likeness (QED) is 0.746. The van der Waals surface area contributed by atoms with E-state index in [0.717, 1.165) is 12.1 Å². The Labute approximate surface area is 107 Å². The summed E-state index contributed by atoms with van der Waals surface area (Å²) in [4.78, 5) is 12.3. The van der Waals surface area contributed by atoms with Gasteiger partial charge in [0.1, 0.15) is 0 Å². The molecule has 1 aromatic rings. The Bertz CT molecular complexity index is 417. The second-order valence-electron chi connectivity index (χ2n) is 5.50. The summed E-state index contributed by atoms with van der Waals surface area (Å²) in [5.41, 5.74) is 1.02. The Kier molecular flexibility index (Phi) is 3.07. The van der Waals surface area contributed by atoms with Crippen LogP contribution in [0.5, 0.6) is 0 Å². The molecule has 98 valence electrons. The molecule has 2 fully saturated rings. The van der Waals surface area contributed by atoms with E-state index in [0.29, 0.717) is 11.8 Å². The predicted octanol–water partition coefficient (Wildman–Crippen LogP) is 0.975. The lowest BCUT2D eigenvalue weighted by molar-refractivity contribution is -0.124. The van der Waals surface area contributed by atoms with Gasteiger partial charge in [-0.25, -0.2) is 0 Å². The summed E-state index contributed by atoms with van der Waals surface area (Å²) in [5, 5.41) is 13.1. The predicted molar refractivity (Wildman–Crippen MR) is 67.8 cm³/mol. The molecular weight excluding hydrogens is 228 g/mol. The monoisotopic (exact) mass is 248 g/mol. The van der Waals surface area contributed by atoms with Crippen molar-refractivity contribution in [3.05, 3.63) is 18.0 Å². The minimum atomic E-state index is 0.00634. The summed E-state index contributed by atoms with van der Waals surface area (Å²) < 4.78 is 0. The van der Waals surface area contributed by atoms with Crippen molar-refractivity contribution in [2.75, 3.05) is 6.54 Å². The number of carbonyl (C=O) groups is 1. The standard InChI is InChI=1S/C13H20N4O/c1-8(10-6-15-16-7-10)17-13(18)12-11-4-2-3-9(11)5-14-12/h6-9,11-12,14H,2-5H2,1H3,(H,15,16)(H,17,18). The summed E-state index contributed by atoms with van der Waals surface area (Å²) in [6, 6.07) is 0.0188. The second-order valence-corrected chi connectivity index (χ2v) is 5.50. The van der Waals surface area contributed by atoms with Crippen molar-refractivity contribution < 1.29 is 4.79 Å². The SMILES string of the molecule is CC(NC(=O)C1NCC2CCCC21)c1cn[nH]c1. The van der Waals surface area contributed by atoms with Gasteiger partial charge in [-0.2, -0.15) is 5.10 Å². The average molecular weight is 248 g/mol. The van der Waals surface area contributed by atoms with Gasteiger partial charge in [0, 0.05) is 11.8 Å². The molecule has 1 aromatic heterocycles. The molecule has 0 aromatic carbocycles. The highest BCUT2D eigenvalue weighted by atomic mass is 16.2. The lowest BCUT2D eigenvalue weighted by Crippen LogP contribution is -2.44. The highest BCUT2D eigenvalue weighted by molar-refractivity contribution is 5.83. The normalized spacial score (nSPS) is 32.2. The van der Waals surface area contributed by atoms with E-state index in [1.54, 1.807) is 6.20 Å². The van der Waals surface area contributed by atoms with E-state index in [1.165, 1.54) is 19.3 Å². The Morgan fingerprint density at radius 3 is 3.22 bits per heavy atom. The fourth-order valence-electron chi connectivity index (χ4n) is 3.36. The van der Waals surface area contributed by atoms with E-state index in [1.807, 2.05) is 13.1 Å². The molecular formula is C13H20N4O. The van der Waals surface area contributed by atoms with Crippen molar-refractivity contribution in [2.24, 2.45) is 11.8 Å². The minimum Gasteiger partial charge on any atom is -0.348 e. The van der Waals surface area contributed by atoms with Gasteiger partial charge in [0.05, 0.1) is 18.3 Å². The van der Waals surface area contributed by atoms with Gasteiger partial charge in [-0.3, -0.25) is 9.89 Å². The molecule has 5 heteroatoms. The summed E-state index contributed by atoms with van der Waals surface area (Å²) >= 11 is 0. The first-order valence-electron chi connectivity index (χ1n) is 6.78. The molecule has 1 saturated heterocycles. The van der Waals surface area contributed by atoms with Gasteiger partial charge >= 0.3 is 0 Å². The van der Waals surface area contributed by atoms with Crippen molar-refractivity contribution in [3.63, 3.8) is 0 Å². The van der Waals surface area contributed by atoms with Gasteiger partial charge in [0.2, 0.25) is 5.91 Å². The highest BCUT2D eigenvalue weighted by Crippen LogP contribution is 2.37. The lowest BCUT2D eigenvalue weighted by atomic mass is 9.93. The van der Waals surface area contributed by atoms with E-state index >= 15 is 0 Å². The molecule has 1 aliphatic carbocycles. The largest absolute Gasteiger partial charge is 0.348 e. The first kappa shape index (κ1) is 11.7. The minimum absolute atomic E-state index is 0.00634. The van der Waals surface area contributed by atoms with Crippen LogP contribution in [-0.2, 0) is 4.79 Å². The molecule has 4 unspecified atom stereocenters. The molecule has 3 N–H and O–H groups in total. The number of rotatable bonds is 3. The third-order valence-electron chi connectivity index (χ3n) is 4.41. The molecule has 0 bridgehead atoms. The molecule has 4 atom stereocenters. The molecule has 0 spiro atoms. The van der Waals surface area contributed by atoms with Crippen LogP contribution < -0.4 is 10.6 Å². The van der Waals surface area contributed by atoms with E-state index in [4.69, 9.17) is 0 Å². The number of aromatic nitrogens is 2. The molecule has 2 aliphatic rings. The average Bonchev–Trinajstić information content (AvgIpc) is 3.06. The van der Waals surface area contributed by atoms with E-state index in [2.05, 4.69) is 20.8 Å². The third-order valence-corrected chi connectivity index (χ3v) is 4.41. The van der Waals surface area contributed by atoms with Gasteiger partial charge in [-0.1, -0.05) is 6.42 Å². The van der Waals surface area contributed by atoms with Crippen LogP contribution in [0.1, 0.15) is 37.8 Å². The lowest BCUT2D eigenvalue weighted by Gasteiger charge is -2.20. The van der Waals surface area contributed by atoms with Crippen LogP contribution in [0, 0.1) is 11.8 Å². The van der Waals surface area contributed by atoms with Crippen LogP contribution in [0.25, 0.3) is 0 Å².